The van der Waals surface area contributed by atoms with Crippen molar-refractivity contribution in [2.24, 2.45) is 0 Å². The maximum absolute atomic E-state index is 2.45. The van der Waals surface area contributed by atoms with Gasteiger partial charge in [0, 0.05) is 33.3 Å². The molecule has 2 heteroatoms. The first-order valence-electron chi connectivity index (χ1n) is 22.0. The number of benzene rings is 11. The summed E-state index contributed by atoms with van der Waals surface area (Å²) < 4.78 is 2.45. The van der Waals surface area contributed by atoms with Gasteiger partial charge in [-0.25, -0.2) is 0 Å². The molecular weight excluding hydrogens is 773 g/mol. The van der Waals surface area contributed by atoms with Crippen LogP contribution in [0.15, 0.2) is 255 Å². The molecule has 0 N–H and O–H groups in total. The Labute approximate surface area is 373 Å². The fraction of sp³-hybridized carbons (Fsp3) is 0. The molecule has 1 aromatic heterocycles. The maximum atomic E-state index is 2.45. The normalized spacial score (nSPS) is 11.4. The van der Waals surface area contributed by atoms with Crippen molar-refractivity contribution >= 4 is 60.4 Å². The molecule has 300 valence electrons. The van der Waals surface area contributed by atoms with Gasteiger partial charge in [0.2, 0.25) is 0 Å². The lowest BCUT2D eigenvalue weighted by Gasteiger charge is -2.29. The SMILES string of the molecule is c1ccc(-c2cc(N(c3ccc(-c4ccccc4-n4c5ccccc5c5c6ccccc6ccc54)cc3)c3ccccc3-c3ccccc3)ccc2-c2cccc3ccccc23)cc1. The van der Waals surface area contributed by atoms with Crippen molar-refractivity contribution in [3.05, 3.63) is 255 Å². The van der Waals surface area contributed by atoms with Gasteiger partial charge in [0.1, 0.15) is 0 Å². The van der Waals surface area contributed by atoms with Crippen LogP contribution in [-0.2, 0) is 0 Å². The number of nitrogens with zero attached hydrogens (tertiary/aromatic N) is 2. The molecule has 0 aliphatic carbocycles. The predicted octanol–water partition coefficient (Wildman–Crippen LogP) is 17.2. The molecular formula is C62H42N2. The van der Waals surface area contributed by atoms with Crippen molar-refractivity contribution in [3.8, 4) is 50.2 Å². The zero-order valence-electron chi connectivity index (χ0n) is 35.1. The molecule has 0 saturated carbocycles. The molecule has 0 aliphatic rings. The van der Waals surface area contributed by atoms with Gasteiger partial charge in [-0.2, -0.15) is 0 Å². The minimum absolute atomic E-state index is 1.07. The van der Waals surface area contributed by atoms with E-state index in [1.165, 1.54) is 76.7 Å². The first-order valence-corrected chi connectivity index (χ1v) is 22.0. The first-order chi connectivity index (χ1) is 31.8. The van der Waals surface area contributed by atoms with Crippen LogP contribution in [0.1, 0.15) is 0 Å². The number of anilines is 3. The van der Waals surface area contributed by atoms with Gasteiger partial charge in [-0.3, -0.25) is 0 Å². The number of hydrogen-bond acceptors (Lipinski definition) is 1. The van der Waals surface area contributed by atoms with Crippen molar-refractivity contribution in [2.45, 2.75) is 0 Å². The van der Waals surface area contributed by atoms with Gasteiger partial charge in [0.25, 0.3) is 0 Å². The van der Waals surface area contributed by atoms with Gasteiger partial charge >= 0.3 is 0 Å². The third-order valence-electron chi connectivity index (χ3n) is 12.8. The minimum Gasteiger partial charge on any atom is -0.310 e. The maximum Gasteiger partial charge on any atom is 0.0547 e. The van der Waals surface area contributed by atoms with Crippen molar-refractivity contribution in [1.82, 2.24) is 4.57 Å². The third kappa shape index (κ3) is 6.35. The van der Waals surface area contributed by atoms with Crippen LogP contribution < -0.4 is 4.90 Å². The van der Waals surface area contributed by atoms with E-state index in [-0.39, 0.29) is 0 Å². The monoisotopic (exact) mass is 814 g/mol. The van der Waals surface area contributed by atoms with Gasteiger partial charge in [-0.1, -0.05) is 206 Å². The zero-order valence-corrected chi connectivity index (χ0v) is 35.1. The molecule has 0 unspecified atom stereocenters. The Kier molecular flexibility index (Phi) is 9.20. The summed E-state index contributed by atoms with van der Waals surface area (Å²) in [5, 5.41) is 7.54. The number of aromatic nitrogens is 1. The molecule has 0 atom stereocenters. The summed E-state index contributed by atoms with van der Waals surface area (Å²) >= 11 is 0. The van der Waals surface area contributed by atoms with E-state index in [1.54, 1.807) is 0 Å². The molecule has 64 heavy (non-hydrogen) atoms. The highest BCUT2D eigenvalue weighted by atomic mass is 15.1. The second-order valence-electron chi connectivity index (χ2n) is 16.4. The largest absolute Gasteiger partial charge is 0.310 e. The standard InChI is InChI=1S/C62H42N2/c1-3-18-44(19-4-1)51-26-11-14-31-58(51)63(49-39-40-55(57(42-49)45-20-5-2-6-21-45)54-30-17-24-43-22-7-9-25-50(43)54)48-37-34-47(35-38-48)52-27-12-15-32-59(52)64-60-33-16-13-29-56(60)62-53-28-10-8-23-46(53)36-41-61(62)64/h1-42H. The van der Waals surface area contributed by atoms with Gasteiger partial charge in [-0.15, -0.1) is 0 Å². The second kappa shape index (κ2) is 15.8. The molecule has 12 aromatic rings. The highest BCUT2D eigenvalue weighted by Gasteiger charge is 2.22. The molecule has 0 fully saturated rings. The molecule has 2 nitrogen and oxygen atoms in total. The molecule has 11 aromatic carbocycles. The van der Waals surface area contributed by atoms with E-state index in [0.717, 1.165) is 33.9 Å². The predicted molar refractivity (Wildman–Crippen MR) is 272 cm³/mol. The summed E-state index contributed by atoms with van der Waals surface area (Å²) in [7, 11) is 0. The van der Waals surface area contributed by atoms with E-state index in [9.17, 15) is 0 Å². The average Bonchev–Trinajstić information content (AvgIpc) is 3.72. The zero-order chi connectivity index (χ0) is 42.4. The van der Waals surface area contributed by atoms with Crippen LogP contribution in [0.2, 0.25) is 0 Å². The molecule has 0 aliphatic heterocycles. The molecule has 0 amide bonds. The van der Waals surface area contributed by atoms with Crippen molar-refractivity contribution in [1.29, 1.82) is 0 Å². The van der Waals surface area contributed by atoms with Crippen LogP contribution in [0, 0.1) is 0 Å². The second-order valence-corrected chi connectivity index (χ2v) is 16.4. The van der Waals surface area contributed by atoms with Gasteiger partial charge < -0.3 is 9.47 Å². The van der Waals surface area contributed by atoms with E-state index >= 15 is 0 Å². The van der Waals surface area contributed by atoms with E-state index in [0.29, 0.717) is 0 Å². The topological polar surface area (TPSA) is 8.17 Å². The number of rotatable bonds is 8. The average molecular weight is 815 g/mol. The quantitative estimate of drug-likeness (QED) is 0.148. The van der Waals surface area contributed by atoms with Crippen molar-refractivity contribution in [2.75, 3.05) is 4.90 Å². The molecule has 0 spiro atoms. The Morgan fingerprint density at radius 2 is 0.828 bits per heavy atom. The summed E-state index contributed by atoms with van der Waals surface area (Å²) in [4.78, 5) is 2.43. The van der Waals surface area contributed by atoms with E-state index in [1.807, 2.05) is 0 Å². The number of fused-ring (bicyclic) bond motifs is 6. The van der Waals surface area contributed by atoms with Crippen LogP contribution in [-0.4, -0.2) is 4.57 Å². The first kappa shape index (κ1) is 37.3. The Balaban J connectivity index is 1.04. The van der Waals surface area contributed by atoms with Crippen LogP contribution >= 0.6 is 0 Å². The summed E-state index contributed by atoms with van der Waals surface area (Å²) in [6.45, 7) is 0. The summed E-state index contributed by atoms with van der Waals surface area (Å²) in [5.74, 6) is 0. The van der Waals surface area contributed by atoms with Crippen LogP contribution in [0.25, 0.3) is 93.5 Å². The van der Waals surface area contributed by atoms with Crippen molar-refractivity contribution < 1.29 is 0 Å². The molecule has 12 rings (SSSR count). The highest BCUT2D eigenvalue weighted by Crippen LogP contribution is 2.46. The van der Waals surface area contributed by atoms with Crippen LogP contribution in [0.4, 0.5) is 17.1 Å². The summed E-state index contributed by atoms with van der Waals surface area (Å²) in [6.07, 6.45) is 0. The highest BCUT2D eigenvalue weighted by molar-refractivity contribution is 6.21. The fourth-order valence-corrected chi connectivity index (χ4v) is 9.88. The Bertz CT molecular complexity index is 3650. The van der Waals surface area contributed by atoms with Crippen LogP contribution in [0.3, 0.4) is 0 Å². The van der Waals surface area contributed by atoms with Gasteiger partial charge in [-0.05, 0) is 103 Å². The minimum atomic E-state index is 1.07. The van der Waals surface area contributed by atoms with Gasteiger partial charge in [0.15, 0.2) is 0 Å². The van der Waals surface area contributed by atoms with Gasteiger partial charge in [0.05, 0.1) is 22.4 Å². The smallest absolute Gasteiger partial charge is 0.0547 e. The van der Waals surface area contributed by atoms with E-state index < -0.39 is 0 Å². The summed E-state index contributed by atoms with van der Waals surface area (Å²) in [6, 6.07) is 92.7. The summed E-state index contributed by atoms with van der Waals surface area (Å²) in [5.41, 5.74) is 16.3. The Hall–Kier alpha value is -8.46. The molecule has 0 saturated heterocycles. The lowest BCUT2D eigenvalue weighted by molar-refractivity contribution is 1.18. The lowest BCUT2D eigenvalue weighted by Crippen LogP contribution is -2.11. The Morgan fingerprint density at radius 3 is 1.61 bits per heavy atom. The number of hydrogen-bond donors (Lipinski definition) is 0. The molecule has 0 bridgehead atoms. The number of para-hydroxylation sites is 3. The Morgan fingerprint density at radius 1 is 0.281 bits per heavy atom. The third-order valence-corrected chi connectivity index (χ3v) is 12.8. The van der Waals surface area contributed by atoms with Crippen molar-refractivity contribution in [3.63, 3.8) is 0 Å². The fourth-order valence-electron chi connectivity index (χ4n) is 9.88. The van der Waals surface area contributed by atoms with E-state index in [4.69, 9.17) is 0 Å². The van der Waals surface area contributed by atoms with E-state index in [2.05, 4.69) is 264 Å². The lowest BCUT2D eigenvalue weighted by atomic mass is 9.90. The van der Waals surface area contributed by atoms with Crippen LogP contribution in [0.5, 0.6) is 0 Å². The molecule has 0 radical (unpaired) electrons. The molecule has 1 heterocycles.